The van der Waals surface area contributed by atoms with Gasteiger partial charge in [-0.3, -0.25) is 10.1 Å². The Morgan fingerprint density at radius 2 is 2.07 bits per heavy atom. The van der Waals surface area contributed by atoms with Gasteiger partial charge in [0, 0.05) is 18.7 Å². The zero-order valence-electron chi connectivity index (χ0n) is 14.7. The molecule has 0 atom stereocenters. The minimum Gasteiger partial charge on any atom is -0.423 e. The Bertz CT molecular complexity index is 1170. The maximum atomic E-state index is 12.8. The van der Waals surface area contributed by atoms with Gasteiger partial charge in [-0.05, 0) is 36.6 Å². The van der Waals surface area contributed by atoms with Crippen LogP contribution in [0.15, 0.2) is 54.0 Å². The van der Waals surface area contributed by atoms with Gasteiger partial charge in [0.25, 0.3) is 5.69 Å². The van der Waals surface area contributed by atoms with E-state index in [1.54, 1.807) is 16.9 Å². The third kappa shape index (κ3) is 3.23. The van der Waals surface area contributed by atoms with Crippen LogP contribution in [0.25, 0.3) is 21.6 Å². The number of nitro groups is 1. The Morgan fingerprint density at radius 1 is 1.29 bits per heavy atom. The molecule has 0 N–H and O–H groups in total. The summed E-state index contributed by atoms with van der Waals surface area (Å²) in [5.41, 5.74) is 1.53. The van der Waals surface area contributed by atoms with E-state index in [0.717, 1.165) is 4.88 Å². The highest BCUT2D eigenvalue weighted by Crippen LogP contribution is 2.29. The zero-order chi connectivity index (χ0) is 19.7. The molecular formula is C19H14N4O4S. The number of aryl methyl sites for hydroxylation is 1. The van der Waals surface area contributed by atoms with Crippen molar-refractivity contribution in [2.75, 3.05) is 0 Å². The first kappa shape index (κ1) is 17.8. The summed E-state index contributed by atoms with van der Waals surface area (Å²) in [5, 5.41) is 17.6. The van der Waals surface area contributed by atoms with Crippen molar-refractivity contribution in [3.63, 3.8) is 0 Å². The third-order valence-corrected chi connectivity index (χ3v) is 5.05. The van der Waals surface area contributed by atoms with Crippen molar-refractivity contribution < 1.29 is 14.5 Å². The van der Waals surface area contributed by atoms with E-state index >= 15 is 0 Å². The number of carbonyl (C=O) groups excluding carboxylic acids is 1. The van der Waals surface area contributed by atoms with Gasteiger partial charge in [0.05, 0.1) is 32.6 Å². The molecule has 28 heavy (non-hydrogen) atoms. The lowest BCUT2D eigenvalue weighted by molar-refractivity contribution is -0.384. The number of thiophene rings is 1. The Labute approximate surface area is 163 Å². The highest BCUT2D eigenvalue weighted by Gasteiger charge is 2.19. The number of aromatic nitrogens is 3. The van der Waals surface area contributed by atoms with Crippen molar-refractivity contribution in [3.05, 3.63) is 69.7 Å². The average molecular weight is 394 g/mol. The number of non-ortho nitro benzene ring substituents is 1. The maximum Gasteiger partial charge on any atom is 0.344 e. The summed E-state index contributed by atoms with van der Waals surface area (Å²) in [6, 6.07) is 10.9. The Kier molecular flexibility index (Phi) is 4.58. The van der Waals surface area contributed by atoms with Crippen molar-refractivity contribution in [2.24, 2.45) is 0 Å². The van der Waals surface area contributed by atoms with Gasteiger partial charge in [0.2, 0.25) is 0 Å². The van der Waals surface area contributed by atoms with Gasteiger partial charge in [0.15, 0.2) is 5.65 Å². The van der Waals surface area contributed by atoms with Gasteiger partial charge in [-0.1, -0.05) is 6.07 Å². The first-order valence-corrected chi connectivity index (χ1v) is 9.32. The molecule has 3 heterocycles. The number of nitro benzene ring substituents is 1. The fraction of sp³-hybridized carbons (Fsp3) is 0.105. The van der Waals surface area contributed by atoms with Crippen LogP contribution in [0.3, 0.4) is 0 Å². The first-order chi connectivity index (χ1) is 13.6. The smallest absolute Gasteiger partial charge is 0.344 e. The van der Waals surface area contributed by atoms with Crippen molar-refractivity contribution in [1.29, 1.82) is 0 Å². The van der Waals surface area contributed by atoms with Gasteiger partial charge in [-0.2, -0.15) is 5.10 Å². The van der Waals surface area contributed by atoms with Crippen molar-refractivity contribution in [1.82, 2.24) is 14.8 Å². The SMILES string of the molecule is CCn1ncc2c(C(=O)Oc3ccc([N+](=O)[O-])cc3)cc(-c3cccs3)nc21. The van der Waals surface area contributed by atoms with Gasteiger partial charge in [0.1, 0.15) is 5.75 Å². The summed E-state index contributed by atoms with van der Waals surface area (Å²) in [7, 11) is 0. The number of hydrogen-bond donors (Lipinski definition) is 0. The van der Waals surface area contributed by atoms with Crippen LogP contribution in [-0.2, 0) is 6.54 Å². The molecule has 9 heteroatoms. The standard InChI is InChI=1S/C19H14N4O4S/c1-2-22-18-15(11-20-22)14(10-16(21-18)17-4-3-9-28-17)19(24)27-13-7-5-12(6-8-13)23(25)26/h3-11H,2H2,1H3. The van der Waals surface area contributed by atoms with Crippen LogP contribution in [0.1, 0.15) is 17.3 Å². The van der Waals surface area contributed by atoms with Crippen LogP contribution in [0.4, 0.5) is 5.69 Å². The topological polar surface area (TPSA) is 100 Å². The van der Waals surface area contributed by atoms with Crippen LogP contribution in [0.2, 0.25) is 0 Å². The normalized spacial score (nSPS) is 10.9. The van der Waals surface area contributed by atoms with E-state index in [2.05, 4.69) is 10.1 Å². The number of esters is 1. The van der Waals surface area contributed by atoms with E-state index < -0.39 is 10.9 Å². The third-order valence-electron chi connectivity index (χ3n) is 4.16. The predicted molar refractivity (Wildman–Crippen MR) is 105 cm³/mol. The molecule has 1 aromatic carbocycles. The molecule has 0 saturated carbocycles. The number of fused-ring (bicyclic) bond motifs is 1. The second-order valence-corrected chi connectivity index (χ2v) is 6.82. The summed E-state index contributed by atoms with van der Waals surface area (Å²) >= 11 is 1.52. The lowest BCUT2D eigenvalue weighted by Gasteiger charge is -2.08. The van der Waals surface area contributed by atoms with E-state index in [9.17, 15) is 14.9 Å². The molecule has 0 unspecified atom stereocenters. The van der Waals surface area contributed by atoms with Crippen LogP contribution >= 0.6 is 11.3 Å². The monoisotopic (exact) mass is 394 g/mol. The molecule has 0 fully saturated rings. The molecule has 3 aromatic heterocycles. The molecule has 0 aliphatic carbocycles. The summed E-state index contributed by atoms with van der Waals surface area (Å²) in [5.74, 6) is -0.351. The largest absolute Gasteiger partial charge is 0.423 e. The predicted octanol–water partition coefficient (Wildman–Crippen LogP) is 4.31. The zero-order valence-corrected chi connectivity index (χ0v) is 15.5. The number of carbonyl (C=O) groups is 1. The first-order valence-electron chi connectivity index (χ1n) is 8.44. The highest BCUT2D eigenvalue weighted by molar-refractivity contribution is 7.13. The second kappa shape index (κ2) is 7.20. The molecule has 0 amide bonds. The lowest BCUT2D eigenvalue weighted by Crippen LogP contribution is -2.10. The minimum atomic E-state index is -0.574. The van der Waals surface area contributed by atoms with E-state index in [1.165, 1.54) is 35.6 Å². The summed E-state index contributed by atoms with van der Waals surface area (Å²) in [6.45, 7) is 2.56. The Balaban J connectivity index is 1.75. The molecule has 0 saturated heterocycles. The van der Waals surface area contributed by atoms with Crippen molar-refractivity contribution >= 4 is 34.0 Å². The Morgan fingerprint density at radius 3 is 2.71 bits per heavy atom. The molecule has 0 bridgehead atoms. The second-order valence-electron chi connectivity index (χ2n) is 5.87. The van der Waals surface area contributed by atoms with Gasteiger partial charge in [-0.15, -0.1) is 11.3 Å². The van der Waals surface area contributed by atoms with E-state index in [1.807, 2.05) is 24.4 Å². The molecule has 0 radical (unpaired) electrons. The number of ether oxygens (including phenoxy) is 1. The van der Waals surface area contributed by atoms with Gasteiger partial charge >= 0.3 is 5.97 Å². The highest BCUT2D eigenvalue weighted by atomic mass is 32.1. The van der Waals surface area contributed by atoms with Crippen molar-refractivity contribution in [3.8, 4) is 16.3 Å². The molecule has 4 aromatic rings. The van der Waals surface area contributed by atoms with Crippen LogP contribution in [0.5, 0.6) is 5.75 Å². The summed E-state index contributed by atoms with van der Waals surface area (Å²) in [4.78, 5) is 28.7. The number of nitrogens with zero attached hydrogens (tertiary/aromatic N) is 4. The lowest BCUT2D eigenvalue weighted by atomic mass is 10.1. The number of hydrogen-bond acceptors (Lipinski definition) is 7. The number of benzene rings is 1. The summed E-state index contributed by atoms with van der Waals surface area (Å²) in [6.07, 6.45) is 1.59. The van der Waals surface area contributed by atoms with Crippen LogP contribution < -0.4 is 4.74 Å². The Hall–Kier alpha value is -3.59. The molecule has 0 aliphatic rings. The number of rotatable bonds is 5. The molecule has 4 rings (SSSR count). The van der Waals surface area contributed by atoms with E-state index in [4.69, 9.17) is 4.74 Å². The van der Waals surface area contributed by atoms with Gasteiger partial charge < -0.3 is 4.74 Å². The molecule has 8 nitrogen and oxygen atoms in total. The molecular weight excluding hydrogens is 380 g/mol. The summed E-state index contributed by atoms with van der Waals surface area (Å²) < 4.78 is 7.15. The minimum absolute atomic E-state index is 0.0738. The van der Waals surface area contributed by atoms with Crippen LogP contribution in [0, 0.1) is 10.1 Å². The average Bonchev–Trinajstić information content (AvgIpc) is 3.37. The number of pyridine rings is 1. The fourth-order valence-electron chi connectivity index (χ4n) is 2.80. The quantitative estimate of drug-likeness (QED) is 0.216. The fourth-order valence-corrected chi connectivity index (χ4v) is 3.48. The maximum absolute atomic E-state index is 12.8. The van der Waals surface area contributed by atoms with Crippen LogP contribution in [-0.4, -0.2) is 25.7 Å². The van der Waals surface area contributed by atoms with E-state index in [-0.39, 0.29) is 11.4 Å². The van der Waals surface area contributed by atoms with Gasteiger partial charge in [-0.25, -0.2) is 14.5 Å². The molecule has 140 valence electrons. The van der Waals surface area contributed by atoms with Crippen molar-refractivity contribution in [2.45, 2.75) is 13.5 Å². The van der Waals surface area contributed by atoms with E-state index in [0.29, 0.717) is 28.8 Å². The molecule has 0 spiro atoms. The molecule has 0 aliphatic heterocycles.